The highest BCUT2D eigenvalue weighted by Gasteiger charge is 2.31. The lowest BCUT2D eigenvalue weighted by molar-refractivity contribution is 0.222. The van der Waals surface area contributed by atoms with Gasteiger partial charge in [-0.05, 0) is 42.4 Å². The summed E-state index contributed by atoms with van der Waals surface area (Å²) in [6, 6.07) is 6.84. The van der Waals surface area contributed by atoms with Crippen LogP contribution in [0, 0.1) is 11.8 Å². The third-order valence-electron chi connectivity index (χ3n) is 3.80. The normalized spacial score (nSPS) is 24.8. The maximum atomic E-state index is 12.6. The van der Waals surface area contributed by atoms with Gasteiger partial charge >= 0.3 is 0 Å². The maximum absolute atomic E-state index is 12.6. The monoisotopic (exact) mass is 297 g/mol. The molecule has 4 nitrogen and oxygen atoms in total. The highest BCUT2D eigenvalue weighted by atomic mass is 32.2. The number of nitrogens with zero attached hydrogens (tertiary/aromatic N) is 1. The second kappa shape index (κ2) is 6.24. The number of benzene rings is 1. The summed E-state index contributed by atoms with van der Waals surface area (Å²) in [4.78, 5) is 0.348. The Morgan fingerprint density at radius 2 is 1.70 bits per heavy atom. The lowest BCUT2D eigenvalue weighted by atomic mass is 9.94. The Morgan fingerprint density at radius 3 is 2.20 bits per heavy atom. The number of hydrogen-bond acceptors (Lipinski definition) is 3. The molecular weight excluding hydrogens is 274 g/mol. The number of sulfonamides is 1. The van der Waals surface area contributed by atoms with Crippen molar-refractivity contribution < 1.29 is 13.5 Å². The van der Waals surface area contributed by atoms with Crippen molar-refractivity contribution in [2.24, 2.45) is 11.8 Å². The lowest BCUT2D eigenvalue weighted by Gasteiger charge is -2.34. The van der Waals surface area contributed by atoms with Crippen LogP contribution in [0.1, 0.15) is 25.8 Å². The smallest absolute Gasteiger partial charge is 0.243 e. The first kappa shape index (κ1) is 15.5. The molecule has 2 rings (SSSR count). The van der Waals surface area contributed by atoms with Crippen LogP contribution in [-0.2, 0) is 16.4 Å². The topological polar surface area (TPSA) is 57.6 Å². The summed E-state index contributed by atoms with van der Waals surface area (Å²) in [7, 11) is -3.39. The third kappa shape index (κ3) is 3.40. The van der Waals surface area contributed by atoms with Crippen molar-refractivity contribution in [1.29, 1.82) is 0 Å². The van der Waals surface area contributed by atoms with E-state index in [-0.39, 0.29) is 6.61 Å². The highest BCUT2D eigenvalue weighted by Crippen LogP contribution is 2.26. The van der Waals surface area contributed by atoms with Crippen LogP contribution < -0.4 is 0 Å². The number of rotatable bonds is 4. The van der Waals surface area contributed by atoms with Crippen molar-refractivity contribution >= 4 is 10.0 Å². The maximum Gasteiger partial charge on any atom is 0.243 e. The molecule has 0 aromatic heterocycles. The molecule has 1 N–H and O–H groups in total. The number of piperidine rings is 1. The average Bonchev–Trinajstić information content (AvgIpc) is 2.38. The Labute approximate surface area is 121 Å². The average molecular weight is 297 g/mol. The molecule has 112 valence electrons. The van der Waals surface area contributed by atoms with Crippen LogP contribution in [0.4, 0.5) is 0 Å². The Bertz CT molecular complexity index is 529. The van der Waals surface area contributed by atoms with Gasteiger partial charge in [-0.2, -0.15) is 4.31 Å². The fraction of sp³-hybridized carbons (Fsp3) is 0.600. The van der Waals surface area contributed by atoms with Crippen LogP contribution in [-0.4, -0.2) is 37.5 Å². The summed E-state index contributed by atoms with van der Waals surface area (Å²) in [5.74, 6) is 0.810. The Kier molecular flexibility index (Phi) is 4.83. The van der Waals surface area contributed by atoms with Crippen LogP contribution >= 0.6 is 0 Å². The van der Waals surface area contributed by atoms with E-state index < -0.39 is 10.0 Å². The summed E-state index contributed by atoms with van der Waals surface area (Å²) >= 11 is 0. The van der Waals surface area contributed by atoms with Crippen LogP contribution in [0.25, 0.3) is 0 Å². The summed E-state index contributed by atoms with van der Waals surface area (Å²) in [6.07, 6.45) is 1.64. The molecule has 2 atom stereocenters. The van der Waals surface area contributed by atoms with Crippen LogP contribution in [0.5, 0.6) is 0 Å². The van der Waals surface area contributed by atoms with E-state index >= 15 is 0 Å². The molecule has 20 heavy (non-hydrogen) atoms. The van der Waals surface area contributed by atoms with Gasteiger partial charge in [0, 0.05) is 19.7 Å². The minimum absolute atomic E-state index is 0.0766. The molecule has 1 heterocycles. The van der Waals surface area contributed by atoms with Crippen molar-refractivity contribution in [2.45, 2.75) is 31.6 Å². The summed E-state index contributed by atoms with van der Waals surface area (Å²) in [5.41, 5.74) is 0.951. The van der Waals surface area contributed by atoms with Gasteiger partial charge in [0.2, 0.25) is 10.0 Å². The van der Waals surface area contributed by atoms with E-state index in [1.165, 1.54) is 0 Å². The van der Waals surface area contributed by atoms with E-state index in [0.29, 0.717) is 36.2 Å². The summed E-state index contributed by atoms with van der Waals surface area (Å²) in [5, 5.41) is 8.88. The highest BCUT2D eigenvalue weighted by molar-refractivity contribution is 7.89. The molecule has 1 aromatic rings. The van der Waals surface area contributed by atoms with Crippen molar-refractivity contribution in [3.05, 3.63) is 29.8 Å². The van der Waals surface area contributed by atoms with Gasteiger partial charge in [-0.25, -0.2) is 8.42 Å². The molecule has 1 aromatic carbocycles. The number of aliphatic hydroxyl groups is 1. The predicted octanol–water partition coefficient (Wildman–Crippen LogP) is 1.89. The molecule has 0 bridgehead atoms. The van der Waals surface area contributed by atoms with E-state index in [0.717, 1.165) is 12.0 Å². The van der Waals surface area contributed by atoms with E-state index in [1.807, 2.05) is 0 Å². The van der Waals surface area contributed by atoms with Gasteiger partial charge in [-0.1, -0.05) is 26.0 Å². The van der Waals surface area contributed by atoms with Gasteiger partial charge in [0.05, 0.1) is 4.90 Å². The minimum Gasteiger partial charge on any atom is -0.396 e. The lowest BCUT2D eigenvalue weighted by Crippen LogP contribution is -2.42. The van der Waals surface area contributed by atoms with Crippen LogP contribution in [0.3, 0.4) is 0 Å². The van der Waals surface area contributed by atoms with E-state index in [9.17, 15) is 8.42 Å². The molecule has 0 aliphatic carbocycles. The second-order valence-corrected chi connectivity index (χ2v) is 7.82. The van der Waals surface area contributed by atoms with Crippen molar-refractivity contribution in [1.82, 2.24) is 4.31 Å². The molecule has 1 aliphatic rings. The number of aliphatic hydroxyl groups excluding tert-OH is 1. The molecule has 0 radical (unpaired) electrons. The largest absolute Gasteiger partial charge is 0.396 e. The first-order valence-corrected chi connectivity index (χ1v) is 8.57. The van der Waals surface area contributed by atoms with Gasteiger partial charge < -0.3 is 5.11 Å². The van der Waals surface area contributed by atoms with Crippen LogP contribution in [0.15, 0.2) is 29.2 Å². The quantitative estimate of drug-likeness (QED) is 0.923. The van der Waals surface area contributed by atoms with Gasteiger partial charge in [0.25, 0.3) is 0 Å². The Balaban J connectivity index is 2.21. The Morgan fingerprint density at radius 1 is 1.15 bits per heavy atom. The van der Waals surface area contributed by atoms with Gasteiger partial charge in [0.15, 0.2) is 0 Å². The van der Waals surface area contributed by atoms with Crippen molar-refractivity contribution in [3.8, 4) is 0 Å². The molecule has 0 amide bonds. The molecule has 5 heteroatoms. The first-order chi connectivity index (χ1) is 9.43. The van der Waals surface area contributed by atoms with E-state index in [4.69, 9.17) is 5.11 Å². The first-order valence-electron chi connectivity index (χ1n) is 7.13. The standard InChI is InChI=1S/C15H23NO3S/c1-12-9-13(2)11-16(10-12)20(18,19)15-5-3-14(4-6-15)7-8-17/h3-6,12-13,17H,7-11H2,1-2H3. The molecule has 1 aliphatic heterocycles. The minimum atomic E-state index is -3.39. The van der Waals surface area contributed by atoms with Crippen molar-refractivity contribution in [2.75, 3.05) is 19.7 Å². The zero-order valence-corrected chi connectivity index (χ0v) is 12.9. The molecule has 0 saturated carbocycles. The molecular formula is C15H23NO3S. The molecule has 1 saturated heterocycles. The van der Waals surface area contributed by atoms with Gasteiger partial charge in [0.1, 0.15) is 0 Å². The second-order valence-electron chi connectivity index (χ2n) is 5.89. The Hall–Kier alpha value is -0.910. The third-order valence-corrected chi connectivity index (χ3v) is 5.64. The van der Waals surface area contributed by atoms with Gasteiger partial charge in [-0.3, -0.25) is 0 Å². The fourth-order valence-corrected chi connectivity index (χ4v) is 4.59. The molecule has 2 unspecified atom stereocenters. The number of hydrogen-bond donors (Lipinski definition) is 1. The fourth-order valence-electron chi connectivity index (χ4n) is 2.91. The predicted molar refractivity (Wildman–Crippen MR) is 78.9 cm³/mol. The van der Waals surface area contributed by atoms with Crippen molar-refractivity contribution in [3.63, 3.8) is 0 Å². The van der Waals surface area contributed by atoms with E-state index in [2.05, 4.69) is 13.8 Å². The molecule has 1 fully saturated rings. The molecule has 0 spiro atoms. The van der Waals surface area contributed by atoms with Gasteiger partial charge in [-0.15, -0.1) is 0 Å². The summed E-state index contributed by atoms with van der Waals surface area (Å²) in [6.45, 7) is 5.48. The SMILES string of the molecule is CC1CC(C)CN(S(=O)(=O)c2ccc(CCO)cc2)C1. The zero-order valence-electron chi connectivity index (χ0n) is 12.1. The summed E-state index contributed by atoms with van der Waals surface area (Å²) < 4.78 is 26.9. The van der Waals surface area contributed by atoms with E-state index in [1.54, 1.807) is 28.6 Å². The van der Waals surface area contributed by atoms with Crippen LogP contribution in [0.2, 0.25) is 0 Å². The zero-order chi connectivity index (χ0) is 14.8.